The van der Waals surface area contributed by atoms with Crippen LogP contribution in [0.4, 0.5) is 10.5 Å². The number of methoxy groups -OCH3 is 1. The number of pyridine rings is 1. The van der Waals surface area contributed by atoms with Gasteiger partial charge in [0.1, 0.15) is 12.4 Å². The summed E-state index contributed by atoms with van der Waals surface area (Å²) in [5.41, 5.74) is 1.05. The Balaban J connectivity index is 2.14. The normalized spacial score (nSPS) is 9.86. The van der Waals surface area contributed by atoms with E-state index in [1.807, 2.05) is 12.1 Å². The number of nitrogens with one attached hydrogen (secondary N) is 1. The van der Waals surface area contributed by atoms with Gasteiger partial charge in [0.25, 0.3) is 0 Å². The van der Waals surface area contributed by atoms with Crippen molar-refractivity contribution in [1.29, 1.82) is 0 Å². The summed E-state index contributed by atoms with van der Waals surface area (Å²) in [6, 6.07) is 7.23. The maximum Gasteiger partial charge on any atom is 0.409 e. The fraction of sp³-hybridized carbons (Fsp3) is 0.133. The van der Waals surface area contributed by atoms with Crippen LogP contribution in [0, 0.1) is 0 Å². The van der Waals surface area contributed by atoms with Gasteiger partial charge in [-0.2, -0.15) is 0 Å². The van der Waals surface area contributed by atoms with Crippen LogP contribution in [0.3, 0.4) is 0 Å². The van der Waals surface area contributed by atoms with Gasteiger partial charge in [-0.1, -0.05) is 12.1 Å². The van der Waals surface area contributed by atoms with Crippen LogP contribution >= 0.6 is 0 Å². The largest absolute Gasteiger partial charge is 0.497 e. The molecule has 1 aromatic heterocycles. The summed E-state index contributed by atoms with van der Waals surface area (Å²) in [7, 11) is 1.58. The number of carboxylic acid groups (broad SMARTS) is 1. The van der Waals surface area contributed by atoms with Gasteiger partial charge in [0.15, 0.2) is 12.0 Å². The zero-order valence-electron chi connectivity index (χ0n) is 11.8. The number of hydrogen-bond donors (Lipinski definition) is 2. The van der Waals surface area contributed by atoms with E-state index in [9.17, 15) is 9.59 Å². The fourth-order valence-electron chi connectivity index (χ4n) is 1.79. The smallest absolute Gasteiger partial charge is 0.409 e. The van der Waals surface area contributed by atoms with Crippen molar-refractivity contribution in [3.8, 4) is 11.5 Å². The van der Waals surface area contributed by atoms with Crippen molar-refractivity contribution in [1.82, 2.24) is 4.98 Å². The number of rotatable bonds is 6. The third kappa shape index (κ3) is 3.72. The SMILES string of the molecule is COc1ccc(COc2cncc(NC(=O)O)c2C=O)cc1. The van der Waals surface area contributed by atoms with Crippen molar-refractivity contribution in [2.45, 2.75) is 6.61 Å². The molecule has 2 aromatic rings. The zero-order chi connectivity index (χ0) is 15.9. The monoisotopic (exact) mass is 302 g/mol. The second-order valence-electron chi connectivity index (χ2n) is 4.28. The van der Waals surface area contributed by atoms with Crippen molar-refractivity contribution in [3.63, 3.8) is 0 Å². The van der Waals surface area contributed by atoms with E-state index in [0.29, 0.717) is 6.29 Å². The minimum absolute atomic E-state index is 0.0785. The average molecular weight is 302 g/mol. The van der Waals surface area contributed by atoms with Crippen molar-refractivity contribution in [2.24, 2.45) is 0 Å². The summed E-state index contributed by atoms with van der Waals surface area (Å²) < 4.78 is 10.6. The molecular weight excluding hydrogens is 288 g/mol. The molecule has 7 heteroatoms. The molecule has 0 aliphatic heterocycles. The van der Waals surface area contributed by atoms with E-state index in [-0.39, 0.29) is 23.6 Å². The van der Waals surface area contributed by atoms with E-state index >= 15 is 0 Å². The molecule has 0 spiro atoms. The Bertz CT molecular complexity index is 670. The first-order valence-corrected chi connectivity index (χ1v) is 6.33. The van der Waals surface area contributed by atoms with E-state index in [0.717, 1.165) is 11.3 Å². The van der Waals surface area contributed by atoms with Gasteiger partial charge in [0, 0.05) is 0 Å². The van der Waals surface area contributed by atoms with E-state index in [2.05, 4.69) is 10.3 Å². The summed E-state index contributed by atoms with van der Waals surface area (Å²) in [6.45, 7) is 0.211. The first-order valence-electron chi connectivity index (χ1n) is 6.33. The Hall–Kier alpha value is -3.09. The van der Waals surface area contributed by atoms with Crippen molar-refractivity contribution in [3.05, 3.63) is 47.8 Å². The molecule has 0 saturated carbocycles. The predicted octanol–water partition coefficient (Wildman–Crippen LogP) is 2.57. The highest BCUT2D eigenvalue weighted by molar-refractivity contribution is 5.94. The van der Waals surface area contributed by atoms with Crippen molar-refractivity contribution in [2.75, 3.05) is 12.4 Å². The molecule has 0 aliphatic rings. The molecule has 0 unspecified atom stereocenters. The van der Waals surface area contributed by atoms with E-state index in [1.54, 1.807) is 19.2 Å². The fourth-order valence-corrected chi connectivity index (χ4v) is 1.79. The number of aldehydes is 1. The standard InChI is InChI=1S/C15H14N2O5/c1-21-11-4-2-10(3-5-11)9-22-14-7-16-6-13(12(14)8-18)17-15(19)20/h2-8,17H,9H2,1H3,(H,19,20). The van der Waals surface area contributed by atoms with E-state index in [1.165, 1.54) is 12.4 Å². The lowest BCUT2D eigenvalue weighted by atomic mass is 10.2. The maximum absolute atomic E-state index is 11.2. The highest BCUT2D eigenvalue weighted by Crippen LogP contribution is 2.24. The van der Waals surface area contributed by atoms with Crippen LogP contribution in [0.1, 0.15) is 15.9 Å². The number of benzene rings is 1. The topological polar surface area (TPSA) is 97.8 Å². The quantitative estimate of drug-likeness (QED) is 0.796. The number of anilines is 1. The zero-order valence-corrected chi connectivity index (χ0v) is 11.8. The van der Waals surface area contributed by atoms with Gasteiger partial charge >= 0.3 is 6.09 Å². The Labute approximate surface area is 126 Å². The molecule has 0 saturated heterocycles. The van der Waals surface area contributed by atoms with Crippen LogP contribution in [-0.2, 0) is 6.61 Å². The molecule has 0 aliphatic carbocycles. The van der Waals surface area contributed by atoms with Gasteiger partial charge in [0.2, 0.25) is 0 Å². The van der Waals surface area contributed by atoms with Gasteiger partial charge in [-0.05, 0) is 17.7 Å². The Morgan fingerprint density at radius 1 is 1.32 bits per heavy atom. The number of hydrogen-bond acceptors (Lipinski definition) is 5. The highest BCUT2D eigenvalue weighted by Gasteiger charge is 2.12. The van der Waals surface area contributed by atoms with Crippen molar-refractivity contribution < 1.29 is 24.2 Å². The average Bonchev–Trinajstić information content (AvgIpc) is 2.53. The van der Waals surface area contributed by atoms with Gasteiger partial charge in [0.05, 0.1) is 30.8 Å². The lowest BCUT2D eigenvalue weighted by molar-refractivity contribution is 0.111. The highest BCUT2D eigenvalue weighted by atomic mass is 16.5. The van der Waals surface area contributed by atoms with Crippen LogP contribution in [0.25, 0.3) is 0 Å². The molecule has 7 nitrogen and oxygen atoms in total. The molecule has 0 atom stereocenters. The number of nitrogens with zero attached hydrogens (tertiary/aromatic N) is 1. The lowest BCUT2D eigenvalue weighted by Gasteiger charge is -2.11. The number of aromatic nitrogens is 1. The summed E-state index contributed by atoms with van der Waals surface area (Å²) in [5, 5.41) is 10.8. The number of amides is 1. The van der Waals surface area contributed by atoms with Crippen LogP contribution in [0.15, 0.2) is 36.7 Å². The van der Waals surface area contributed by atoms with Gasteiger partial charge in [-0.3, -0.25) is 15.1 Å². The third-order valence-electron chi connectivity index (χ3n) is 2.86. The van der Waals surface area contributed by atoms with Gasteiger partial charge in [-0.25, -0.2) is 4.79 Å². The Morgan fingerprint density at radius 3 is 2.64 bits per heavy atom. The molecule has 1 amide bonds. The number of carbonyl (C=O) groups excluding carboxylic acids is 1. The molecule has 22 heavy (non-hydrogen) atoms. The Morgan fingerprint density at radius 2 is 2.05 bits per heavy atom. The summed E-state index contributed by atoms with van der Waals surface area (Å²) in [5.74, 6) is 0.934. The second kappa shape index (κ2) is 7.07. The van der Waals surface area contributed by atoms with Gasteiger partial charge in [-0.15, -0.1) is 0 Å². The first kappa shape index (κ1) is 15.3. The molecule has 0 radical (unpaired) electrons. The summed E-state index contributed by atoms with van der Waals surface area (Å²) in [4.78, 5) is 25.7. The van der Waals surface area contributed by atoms with Crippen LogP contribution in [0.5, 0.6) is 11.5 Å². The van der Waals surface area contributed by atoms with Crippen LogP contribution in [-0.4, -0.2) is 29.6 Å². The summed E-state index contributed by atoms with van der Waals surface area (Å²) in [6.07, 6.45) is 1.85. The second-order valence-corrected chi connectivity index (χ2v) is 4.28. The molecule has 2 N–H and O–H groups in total. The van der Waals surface area contributed by atoms with Gasteiger partial charge < -0.3 is 14.6 Å². The number of ether oxygens (including phenoxy) is 2. The molecule has 0 bridgehead atoms. The lowest BCUT2D eigenvalue weighted by Crippen LogP contribution is -2.10. The van der Waals surface area contributed by atoms with Crippen molar-refractivity contribution >= 4 is 18.1 Å². The predicted molar refractivity (Wildman–Crippen MR) is 78.6 cm³/mol. The molecule has 2 rings (SSSR count). The molecule has 0 fully saturated rings. The van der Waals surface area contributed by atoms with Crippen LogP contribution in [0.2, 0.25) is 0 Å². The maximum atomic E-state index is 11.2. The summed E-state index contributed by atoms with van der Waals surface area (Å²) >= 11 is 0. The minimum Gasteiger partial charge on any atom is -0.497 e. The molecule has 114 valence electrons. The third-order valence-corrected chi connectivity index (χ3v) is 2.86. The van der Waals surface area contributed by atoms with Crippen LogP contribution < -0.4 is 14.8 Å². The molecule has 1 heterocycles. The van der Waals surface area contributed by atoms with E-state index < -0.39 is 6.09 Å². The molecular formula is C15H14N2O5. The Kier molecular flexibility index (Phi) is 4.92. The first-order chi connectivity index (χ1) is 10.6. The molecule has 1 aromatic carbocycles. The minimum atomic E-state index is -1.28. The number of carbonyl (C=O) groups is 2. The van der Waals surface area contributed by atoms with E-state index in [4.69, 9.17) is 14.6 Å².